The first kappa shape index (κ1) is 15.4. The zero-order valence-corrected chi connectivity index (χ0v) is 12.1. The third kappa shape index (κ3) is 4.23. The summed E-state index contributed by atoms with van der Waals surface area (Å²) in [6, 6.07) is 0.662. The normalized spacial score (nSPS) is 24.2. The second-order valence-electron chi connectivity index (χ2n) is 5.72. The second-order valence-corrected chi connectivity index (χ2v) is 5.72. The van der Waals surface area contributed by atoms with Crippen molar-refractivity contribution < 1.29 is 9.53 Å². The Hall–Kier alpha value is -0.650. The number of carbonyl (C=O) groups excluding carboxylic acids is 1. The van der Waals surface area contributed by atoms with Gasteiger partial charge in [-0.25, -0.2) is 0 Å². The molecule has 2 atom stereocenters. The van der Waals surface area contributed by atoms with Crippen molar-refractivity contribution in [2.24, 2.45) is 5.73 Å². The summed E-state index contributed by atoms with van der Waals surface area (Å²) in [5.41, 5.74) is 5.08. The average Bonchev–Trinajstić information content (AvgIpc) is 2.76. The first-order valence-corrected chi connectivity index (χ1v) is 6.63. The summed E-state index contributed by atoms with van der Waals surface area (Å²) in [4.78, 5) is 16.2. The molecule has 2 N–H and O–H groups in total. The van der Waals surface area contributed by atoms with Gasteiger partial charge in [0, 0.05) is 12.6 Å². The van der Waals surface area contributed by atoms with Crippen LogP contribution in [0.5, 0.6) is 0 Å². The van der Waals surface area contributed by atoms with Gasteiger partial charge >= 0.3 is 5.97 Å². The summed E-state index contributed by atoms with van der Waals surface area (Å²) >= 11 is 0. The summed E-state index contributed by atoms with van der Waals surface area (Å²) in [6.45, 7) is 5.01. The van der Waals surface area contributed by atoms with Crippen molar-refractivity contribution in [3.8, 4) is 0 Å². The number of ether oxygens (including phenoxy) is 1. The van der Waals surface area contributed by atoms with Crippen LogP contribution in [0.4, 0.5) is 0 Å². The van der Waals surface area contributed by atoms with Crippen LogP contribution in [0.2, 0.25) is 0 Å². The molecule has 1 rings (SSSR count). The van der Waals surface area contributed by atoms with Gasteiger partial charge in [0.2, 0.25) is 0 Å². The highest BCUT2D eigenvalue weighted by atomic mass is 16.5. The Morgan fingerprint density at radius 1 is 1.56 bits per heavy atom. The Labute approximate surface area is 110 Å². The van der Waals surface area contributed by atoms with Crippen LogP contribution in [0.1, 0.15) is 26.2 Å². The molecular weight excluding hydrogens is 230 g/mol. The van der Waals surface area contributed by atoms with E-state index < -0.39 is 5.54 Å². The molecule has 0 saturated carbocycles. The maximum atomic E-state index is 11.4. The predicted molar refractivity (Wildman–Crippen MR) is 72.4 cm³/mol. The number of nitrogens with zero attached hydrogens (tertiary/aromatic N) is 2. The average molecular weight is 257 g/mol. The van der Waals surface area contributed by atoms with E-state index in [2.05, 4.69) is 23.9 Å². The van der Waals surface area contributed by atoms with Gasteiger partial charge in [0.05, 0.1) is 7.11 Å². The first-order chi connectivity index (χ1) is 8.36. The van der Waals surface area contributed by atoms with Crippen LogP contribution in [-0.4, -0.2) is 68.2 Å². The largest absolute Gasteiger partial charge is 0.468 e. The van der Waals surface area contributed by atoms with Crippen LogP contribution in [0.25, 0.3) is 0 Å². The lowest BCUT2D eigenvalue weighted by Gasteiger charge is -2.24. The number of likely N-dealkylation sites (tertiary alicyclic amines) is 1. The van der Waals surface area contributed by atoms with Gasteiger partial charge in [-0.3, -0.25) is 4.79 Å². The van der Waals surface area contributed by atoms with Crippen molar-refractivity contribution in [1.82, 2.24) is 9.80 Å². The lowest BCUT2D eigenvalue weighted by Crippen LogP contribution is -2.46. The molecule has 1 saturated heterocycles. The van der Waals surface area contributed by atoms with Crippen LogP contribution < -0.4 is 5.73 Å². The molecule has 0 bridgehead atoms. The Morgan fingerprint density at radius 2 is 2.22 bits per heavy atom. The van der Waals surface area contributed by atoms with Gasteiger partial charge in [-0.1, -0.05) is 0 Å². The standard InChI is InChI=1S/C13H27N3O2/c1-13(14,12(17)18-4)7-5-8-16-9-6-11(10-16)15(2)3/h11H,5-10,14H2,1-4H3. The smallest absolute Gasteiger partial charge is 0.325 e. The van der Waals surface area contributed by atoms with Crippen molar-refractivity contribution in [3.05, 3.63) is 0 Å². The molecule has 5 nitrogen and oxygen atoms in total. The number of hydrogen-bond donors (Lipinski definition) is 1. The van der Waals surface area contributed by atoms with Gasteiger partial charge < -0.3 is 20.3 Å². The zero-order valence-electron chi connectivity index (χ0n) is 12.1. The van der Waals surface area contributed by atoms with Crippen LogP contribution in [0.15, 0.2) is 0 Å². The maximum Gasteiger partial charge on any atom is 0.325 e. The van der Waals surface area contributed by atoms with E-state index in [0.717, 1.165) is 26.1 Å². The number of nitrogens with two attached hydrogens (primary N) is 1. The number of rotatable bonds is 6. The zero-order chi connectivity index (χ0) is 13.8. The van der Waals surface area contributed by atoms with E-state index in [1.165, 1.54) is 13.5 Å². The summed E-state index contributed by atoms with van der Waals surface area (Å²) in [5.74, 6) is -0.324. The molecule has 0 radical (unpaired) electrons. The Morgan fingerprint density at radius 3 is 2.72 bits per heavy atom. The minimum Gasteiger partial charge on any atom is -0.468 e. The van der Waals surface area contributed by atoms with Gasteiger partial charge in [-0.2, -0.15) is 0 Å². The molecule has 0 aromatic carbocycles. The third-order valence-corrected chi connectivity index (χ3v) is 3.80. The predicted octanol–water partition coefficient (Wildman–Crippen LogP) is 0.293. The van der Waals surface area contributed by atoms with Gasteiger partial charge in [0.1, 0.15) is 5.54 Å². The summed E-state index contributed by atoms with van der Waals surface area (Å²) < 4.78 is 4.70. The molecule has 0 amide bonds. The maximum absolute atomic E-state index is 11.4. The van der Waals surface area contributed by atoms with E-state index in [-0.39, 0.29) is 5.97 Å². The first-order valence-electron chi connectivity index (χ1n) is 6.63. The molecule has 0 aromatic rings. The molecule has 5 heteroatoms. The fourth-order valence-corrected chi connectivity index (χ4v) is 2.44. The Kier molecular flexibility index (Phi) is 5.56. The topological polar surface area (TPSA) is 58.8 Å². The molecule has 18 heavy (non-hydrogen) atoms. The van der Waals surface area contributed by atoms with E-state index >= 15 is 0 Å². The summed E-state index contributed by atoms with van der Waals surface area (Å²) in [5, 5.41) is 0. The molecule has 2 unspecified atom stereocenters. The highest BCUT2D eigenvalue weighted by Crippen LogP contribution is 2.16. The highest BCUT2D eigenvalue weighted by molar-refractivity contribution is 5.79. The van der Waals surface area contributed by atoms with Crippen molar-refractivity contribution >= 4 is 5.97 Å². The molecule has 106 valence electrons. The van der Waals surface area contributed by atoms with Crippen molar-refractivity contribution in [1.29, 1.82) is 0 Å². The fourth-order valence-electron chi connectivity index (χ4n) is 2.44. The lowest BCUT2D eigenvalue weighted by atomic mass is 9.97. The fraction of sp³-hybridized carbons (Fsp3) is 0.923. The van der Waals surface area contributed by atoms with E-state index in [1.807, 2.05) is 0 Å². The van der Waals surface area contributed by atoms with Crippen molar-refractivity contribution in [2.75, 3.05) is 40.8 Å². The van der Waals surface area contributed by atoms with E-state index in [1.54, 1.807) is 6.92 Å². The monoisotopic (exact) mass is 257 g/mol. The minimum atomic E-state index is -0.852. The van der Waals surface area contributed by atoms with E-state index in [4.69, 9.17) is 10.5 Å². The van der Waals surface area contributed by atoms with Gasteiger partial charge in [0.15, 0.2) is 0 Å². The van der Waals surface area contributed by atoms with Gasteiger partial charge in [-0.15, -0.1) is 0 Å². The summed E-state index contributed by atoms with van der Waals surface area (Å²) in [7, 11) is 5.64. The van der Waals surface area contributed by atoms with Crippen LogP contribution >= 0.6 is 0 Å². The Balaban J connectivity index is 2.25. The number of hydrogen-bond acceptors (Lipinski definition) is 5. The molecule has 0 aromatic heterocycles. The van der Waals surface area contributed by atoms with Crippen LogP contribution in [-0.2, 0) is 9.53 Å². The number of methoxy groups -OCH3 is 1. The third-order valence-electron chi connectivity index (χ3n) is 3.80. The van der Waals surface area contributed by atoms with Crippen molar-refractivity contribution in [3.63, 3.8) is 0 Å². The number of esters is 1. The molecule has 0 aliphatic carbocycles. The molecule has 1 fully saturated rings. The number of likely N-dealkylation sites (N-methyl/N-ethyl adjacent to an activating group) is 1. The van der Waals surface area contributed by atoms with Crippen molar-refractivity contribution in [2.45, 2.75) is 37.8 Å². The molecular formula is C13H27N3O2. The minimum absolute atomic E-state index is 0.324. The molecule has 0 spiro atoms. The Bertz CT molecular complexity index is 279. The quantitative estimate of drug-likeness (QED) is 0.693. The lowest BCUT2D eigenvalue weighted by molar-refractivity contribution is -0.146. The van der Waals surface area contributed by atoms with Crippen LogP contribution in [0.3, 0.4) is 0 Å². The number of carbonyl (C=O) groups is 1. The van der Waals surface area contributed by atoms with E-state index in [9.17, 15) is 4.79 Å². The molecule has 1 aliphatic rings. The molecule has 1 aliphatic heterocycles. The van der Waals surface area contributed by atoms with Gasteiger partial charge in [0.25, 0.3) is 0 Å². The second kappa shape index (κ2) is 6.50. The SMILES string of the molecule is COC(=O)C(C)(N)CCCN1CCC(N(C)C)C1. The van der Waals surface area contributed by atoms with Gasteiger partial charge in [-0.05, 0) is 53.4 Å². The highest BCUT2D eigenvalue weighted by Gasteiger charge is 2.29. The van der Waals surface area contributed by atoms with E-state index in [0.29, 0.717) is 12.5 Å². The summed E-state index contributed by atoms with van der Waals surface area (Å²) in [6.07, 6.45) is 2.83. The van der Waals surface area contributed by atoms with Crippen LogP contribution in [0, 0.1) is 0 Å². The molecule has 1 heterocycles.